The molecule has 0 bridgehead atoms. The van der Waals surface area contributed by atoms with Crippen molar-refractivity contribution in [3.05, 3.63) is 59.2 Å². The molecule has 0 radical (unpaired) electrons. The molecule has 104 valence electrons. The van der Waals surface area contributed by atoms with Gasteiger partial charge in [0.15, 0.2) is 0 Å². The highest BCUT2D eigenvalue weighted by Crippen LogP contribution is 2.38. The van der Waals surface area contributed by atoms with Crippen molar-refractivity contribution in [3.8, 4) is 0 Å². The molecule has 0 saturated heterocycles. The summed E-state index contributed by atoms with van der Waals surface area (Å²) in [5.41, 5.74) is 7.67. The molecule has 2 heterocycles. The van der Waals surface area contributed by atoms with Gasteiger partial charge >= 0.3 is 0 Å². The number of hydrogen-bond acceptors (Lipinski definition) is 4. The van der Waals surface area contributed by atoms with Crippen LogP contribution in [0.15, 0.2) is 36.7 Å². The molecule has 1 aliphatic carbocycles. The van der Waals surface area contributed by atoms with Crippen molar-refractivity contribution in [1.29, 1.82) is 0 Å². The summed E-state index contributed by atoms with van der Waals surface area (Å²) in [6.45, 7) is 2.08. The summed E-state index contributed by atoms with van der Waals surface area (Å²) in [5.74, 6) is 6.12. The van der Waals surface area contributed by atoms with Crippen molar-refractivity contribution in [3.63, 3.8) is 0 Å². The minimum absolute atomic E-state index is 0.0175. The lowest BCUT2D eigenvalue weighted by atomic mass is 9.81. The molecule has 20 heavy (non-hydrogen) atoms. The van der Waals surface area contributed by atoms with E-state index in [0.29, 0.717) is 5.92 Å². The highest BCUT2D eigenvalue weighted by molar-refractivity contribution is 5.30. The van der Waals surface area contributed by atoms with E-state index in [1.807, 2.05) is 24.5 Å². The average Bonchev–Trinajstić information content (AvgIpc) is 2.48. The van der Waals surface area contributed by atoms with Crippen LogP contribution in [0.5, 0.6) is 0 Å². The van der Waals surface area contributed by atoms with Crippen LogP contribution >= 0.6 is 0 Å². The predicted octanol–water partition coefficient (Wildman–Crippen LogP) is 2.41. The van der Waals surface area contributed by atoms with Gasteiger partial charge in [-0.05, 0) is 55.5 Å². The van der Waals surface area contributed by atoms with Crippen molar-refractivity contribution >= 4 is 0 Å². The lowest BCUT2D eigenvalue weighted by Gasteiger charge is -2.30. The van der Waals surface area contributed by atoms with E-state index in [-0.39, 0.29) is 6.04 Å². The van der Waals surface area contributed by atoms with E-state index in [1.165, 1.54) is 23.2 Å². The van der Waals surface area contributed by atoms with Crippen LogP contribution in [0.1, 0.15) is 47.3 Å². The number of nitrogens with one attached hydrogen (secondary N) is 1. The van der Waals surface area contributed by atoms with Gasteiger partial charge in [-0.1, -0.05) is 6.07 Å². The second-order valence-electron chi connectivity index (χ2n) is 5.45. The maximum Gasteiger partial charge on any atom is 0.0715 e. The molecule has 0 fully saturated rings. The Hall–Kier alpha value is -1.78. The van der Waals surface area contributed by atoms with Crippen molar-refractivity contribution in [1.82, 2.24) is 15.4 Å². The van der Waals surface area contributed by atoms with Gasteiger partial charge in [0, 0.05) is 24.0 Å². The van der Waals surface area contributed by atoms with Crippen LogP contribution in [-0.4, -0.2) is 9.97 Å². The first-order valence-corrected chi connectivity index (χ1v) is 7.12. The molecule has 0 saturated carbocycles. The van der Waals surface area contributed by atoms with Crippen LogP contribution in [0.3, 0.4) is 0 Å². The van der Waals surface area contributed by atoms with Crippen molar-refractivity contribution in [2.75, 3.05) is 0 Å². The number of fused-ring (bicyclic) bond motifs is 1. The molecule has 2 aromatic heterocycles. The zero-order valence-corrected chi connectivity index (χ0v) is 11.7. The fourth-order valence-corrected chi connectivity index (χ4v) is 3.11. The first-order chi connectivity index (χ1) is 9.79. The average molecular weight is 268 g/mol. The second kappa shape index (κ2) is 5.69. The van der Waals surface area contributed by atoms with Crippen LogP contribution in [0.4, 0.5) is 0 Å². The van der Waals surface area contributed by atoms with Crippen molar-refractivity contribution in [2.45, 2.75) is 38.1 Å². The van der Waals surface area contributed by atoms with Crippen LogP contribution in [0.25, 0.3) is 0 Å². The predicted molar refractivity (Wildman–Crippen MR) is 79.0 cm³/mol. The summed E-state index contributed by atoms with van der Waals surface area (Å²) in [6, 6.07) is 8.30. The Balaban J connectivity index is 1.99. The van der Waals surface area contributed by atoms with Gasteiger partial charge in [-0.3, -0.25) is 21.2 Å². The number of hydrazine groups is 1. The first kappa shape index (κ1) is 13.2. The zero-order valence-electron chi connectivity index (χ0n) is 11.7. The van der Waals surface area contributed by atoms with E-state index < -0.39 is 0 Å². The summed E-state index contributed by atoms with van der Waals surface area (Å²) in [5, 5.41) is 0. The lowest BCUT2D eigenvalue weighted by Crippen LogP contribution is -2.35. The van der Waals surface area contributed by atoms with Crippen molar-refractivity contribution in [2.24, 2.45) is 5.84 Å². The molecule has 3 rings (SSSR count). The van der Waals surface area contributed by atoms with E-state index in [0.717, 1.165) is 18.5 Å². The molecule has 0 aliphatic heterocycles. The molecule has 0 spiro atoms. The topological polar surface area (TPSA) is 63.8 Å². The second-order valence-corrected chi connectivity index (χ2v) is 5.45. The Labute approximate surface area is 119 Å². The fraction of sp³-hybridized carbons (Fsp3) is 0.375. The highest BCUT2D eigenvalue weighted by Gasteiger charge is 2.30. The number of nitrogens with two attached hydrogens (primary N) is 1. The largest absolute Gasteiger partial charge is 0.271 e. The number of nitrogens with zero attached hydrogens (tertiary/aromatic N) is 2. The van der Waals surface area contributed by atoms with E-state index >= 15 is 0 Å². The van der Waals surface area contributed by atoms with Crippen LogP contribution < -0.4 is 11.3 Å². The number of rotatable bonds is 3. The summed E-state index contributed by atoms with van der Waals surface area (Å²) in [7, 11) is 0. The highest BCUT2D eigenvalue weighted by atomic mass is 15.2. The summed E-state index contributed by atoms with van der Waals surface area (Å²) in [4.78, 5) is 9.08. The van der Waals surface area contributed by atoms with Gasteiger partial charge in [-0.15, -0.1) is 0 Å². The SMILES string of the molecule is Cc1ccnc(C(NN)C2CCCc3cccnc32)c1. The minimum atomic E-state index is 0.0175. The summed E-state index contributed by atoms with van der Waals surface area (Å²) < 4.78 is 0. The van der Waals surface area contributed by atoms with Crippen LogP contribution in [-0.2, 0) is 6.42 Å². The third kappa shape index (κ3) is 2.44. The van der Waals surface area contributed by atoms with Gasteiger partial charge in [0.2, 0.25) is 0 Å². The molecule has 2 atom stereocenters. The minimum Gasteiger partial charge on any atom is -0.271 e. The van der Waals surface area contributed by atoms with E-state index in [2.05, 4.69) is 34.5 Å². The number of aromatic nitrogens is 2. The van der Waals surface area contributed by atoms with Crippen molar-refractivity contribution < 1.29 is 0 Å². The number of aryl methyl sites for hydroxylation is 2. The quantitative estimate of drug-likeness (QED) is 0.663. The Morgan fingerprint density at radius 1 is 1.30 bits per heavy atom. The monoisotopic (exact) mass is 268 g/mol. The summed E-state index contributed by atoms with van der Waals surface area (Å²) in [6.07, 6.45) is 7.09. The fourth-order valence-electron chi connectivity index (χ4n) is 3.11. The Morgan fingerprint density at radius 2 is 2.20 bits per heavy atom. The van der Waals surface area contributed by atoms with Crippen LogP contribution in [0, 0.1) is 6.92 Å². The van der Waals surface area contributed by atoms with Gasteiger partial charge in [-0.25, -0.2) is 0 Å². The van der Waals surface area contributed by atoms with E-state index in [9.17, 15) is 0 Å². The molecule has 0 amide bonds. The maximum atomic E-state index is 5.83. The molecule has 4 nitrogen and oxygen atoms in total. The standard InChI is InChI=1S/C16H20N4/c1-11-7-9-18-14(10-11)16(20-17)13-6-2-4-12-5-3-8-19-15(12)13/h3,5,7-10,13,16,20H,2,4,6,17H2,1H3. The first-order valence-electron chi connectivity index (χ1n) is 7.12. The molecule has 3 N–H and O–H groups in total. The maximum absolute atomic E-state index is 5.83. The smallest absolute Gasteiger partial charge is 0.0715 e. The van der Waals surface area contributed by atoms with E-state index in [1.54, 1.807) is 0 Å². The Morgan fingerprint density at radius 3 is 3.00 bits per heavy atom. The molecule has 4 heteroatoms. The molecule has 2 aromatic rings. The van der Waals surface area contributed by atoms with Gasteiger partial charge in [0.1, 0.15) is 0 Å². The third-order valence-corrected chi connectivity index (χ3v) is 4.08. The number of hydrogen-bond donors (Lipinski definition) is 2. The molecule has 2 unspecified atom stereocenters. The summed E-state index contributed by atoms with van der Waals surface area (Å²) >= 11 is 0. The molecule has 0 aromatic carbocycles. The Bertz CT molecular complexity index is 597. The van der Waals surface area contributed by atoms with Gasteiger partial charge in [-0.2, -0.15) is 0 Å². The lowest BCUT2D eigenvalue weighted by molar-refractivity contribution is 0.393. The Kier molecular flexibility index (Phi) is 3.76. The van der Waals surface area contributed by atoms with E-state index in [4.69, 9.17) is 5.84 Å². The molecule has 1 aliphatic rings. The number of pyridine rings is 2. The third-order valence-electron chi connectivity index (χ3n) is 4.08. The van der Waals surface area contributed by atoms with Crippen LogP contribution in [0.2, 0.25) is 0 Å². The normalized spacial score (nSPS) is 19.4. The zero-order chi connectivity index (χ0) is 13.9. The van der Waals surface area contributed by atoms with Gasteiger partial charge in [0.05, 0.1) is 11.7 Å². The van der Waals surface area contributed by atoms with Gasteiger partial charge in [0.25, 0.3) is 0 Å². The van der Waals surface area contributed by atoms with Gasteiger partial charge < -0.3 is 0 Å². The molecular weight excluding hydrogens is 248 g/mol. The molecular formula is C16H20N4.